The third-order valence-electron chi connectivity index (χ3n) is 3.32. The van der Waals surface area contributed by atoms with E-state index in [-0.39, 0.29) is 0 Å². The Morgan fingerprint density at radius 1 is 1.56 bits per heavy atom. The Hall–Kier alpha value is -0.670. The SMILES string of the molecule is CCN(Cc1cccs1)CC1CCCC1=O. The van der Waals surface area contributed by atoms with Crippen molar-refractivity contribution in [2.75, 3.05) is 13.1 Å². The maximum Gasteiger partial charge on any atom is 0.137 e. The van der Waals surface area contributed by atoms with Crippen LogP contribution in [0.15, 0.2) is 17.5 Å². The van der Waals surface area contributed by atoms with E-state index in [4.69, 9.17) is 0 Å². The average molecular weight is 237 g/mol. The molecule has 1 fully saturated rings. The zero-order valence-corrected chi connectivity index (χ0v) is 10.6. The lowest BCUT2D eigenvalue weighted by atomic mass is 10.1. The van der Waals surface area contributed by atoms with Crippen molar-refractivity contribution in [1.29, 1.82) is 0 Å². The molecule has 1 unspecified atom stereocenters. The number of hydrogen-bond acceptors (Lipinski definition) is 3. The molecule has 2 nitrogen and oxygen atoms in total. The van der Waals surface area contributed by atoms with E-state index < -0.39 is 0 Å². The Labute approximate surface area is 101 Å². The molecule has 2 rings (SSSR count). The summed E-state index contributed by atoms with van der Waals surface area (Å²) in [5.74, 6) is 0.782. The number of nitrogens with zero attached hydrogens (tertiary/aromatic N) is 1. The first-order chi connectivity index (χ1) is 7.79. The molecule has 0 aliphatic heterocycles. The van der Waals surface area contributed by atoms with Crippen molar-refractivity contribution in [3.63, 3.8) is 0 Å². The predicted molar refractivity (Wildman–Crippen MR) is 67.6 cm³/mol. The summed E-state index contributed by atoms with van der Waals surface area (Å²) >= 11 is 1.80. The average Bonchev–Trinajstić information content (AvgIpc) is 2.90. The van der Waals surface area contributed by atoms with Gasteiger partial charge in [-0.15, -0.1) is 11.3 Å². The predicted octanol–water partition coefficient (Wildman–Crippen LogP) is 2.94. The summed E-state index contributed by atoms with van der Waals surface area (Å²) in [7, 11) is 0. The Morgan fingerprint density at radius 2 is 2.44 bits per heavy atom. The summed E-state index contributed by atoms with van der Waals surface area (Å²) in [6.45, 7) is 5.15. The van der Waals surface area contributed by atoms with E-state index in [9.17, 15) is 4.79 Å². The number of carbonyl (C=O) groups excluding carboxylic acids is 1. The quantitative estimate of drug-likeness (QED) is 0.784. The molecule has 88 valence electrons. The van der Waals surface area contributed by atoms with Crippen molar-refractivity contribution in [3.05, 3.63) is 22.4 Å². The summed E-state index contributed by atoms with van der Waals surface area (Å²) in [6, 6.07) is 4.26. The van der Waals surface area contributed by atoms with Gasteiger partial charge in [0.2, 0.25) is 0 Å². The van der Waals surface area contributed by atoms with Gasteiger partial charge in [-0.05, 0) is 30.8 Å². The zero-order chi connectivity index (χ0) is 11.4. The molecule has 16 heavy (non-hydrogen) atoms. The molecule has 0 spiro atoms. The Morgan fingerprint density at radius 3 is 3.00 bits per heavy atom. The summed E-state index contributed by atoms with van der Waals surface area (Å²) in [5, 5.41) is 2.11. The van der Waals surface area contributed by atoms with Gasteiger partial charge in [0.1, 0.15) is 5.78 Å². The van der Waals surface area contributed by atoms with E-state index in [1.165, 1.54) is 4.88 Å². The van der Waals surface area contributed by atoms with Gasteiger partial charge in [-0.25, -0.2) is 0 Å². The smallest absolute Gasteiger partial charge is 0.137 e. The molecule has 3 heteroatoms. The maximum absolute atomic E-state index is 11.6. The second-order valence-corrected chi connectivity index (χ2v) is 5.49. The van der Waals surface area contributed by atoms with Crippen molar-refractivity contribution in [2.45, 2.75) is 32.7 Å². The molecule has 0 radical (unpaired) electrons. The van der Waals surface area contributed by atoms with Gasteiger partial charge >= 0.3 is 0 Å². The molecule has 0 bridgehead atoms. The highest BCUT2D eigenvalue weighted by Gasteiger charge is 2.25. The van der Waals surface area contributed by atoms with Crippen LogP contribution in [-0.4, -0.2) is 23.8 Å². The fourth-order valence-electron chi connectivity index (χ4n) is 2.32. The van der Waals surface area contributed by atoms with Crippen molar-refractivity contribution < 1.29 is 4.79 Å². The first-order valence-corrected chi connectivity index (χ1v) is 6.95. The van der Waals surface area contributed by atoms with E-state index in [1.54, 1.807) is 11.3 Å². The normalized spacial score (nSPS) is 20.9. The van der Waals surface area contributed by atoms with Gasteiger partial charge in [-0.1, -0.05) is 13.0 Å². The Bertz CT molecular complexity index is 334. The number of Topliss-reactive ketones (excluding diaryl/α,β-unsaturated/α-hetero) is 1. The van der Waals surface area contributed by atoms with Gasteiger partial charge < -0.3 is 0 Å². The van der Waals surface area contributed by atoms with E-state index in [2.05, 4.69) is 29.3 Å². The number of ketones is 1. The summed E-state index contributed by atoms with van der Waals surface area (Å²) in [4.78, 5) is 15.4. The van der Waals surface area contributed by atoms with Crippen LogP contribution in [0.5, 0.6) is 0 Å². The molecule has 1 saturated carbocycles. The zero-order valence-electron chi connectivity index (χ0n) is 9.82. The minimum Gasteiger partial charge on any atom is -0.299 e. The second-order valence-electron chi connectivity index (χ2n) is 4.46. The third kappa shape index (κ3) is 2.92. The number of rotatable bonds is 5. The first-order valence-electron chi connectivity index (χ1n) is 6.07. The van der Waals surface area contributed by atoms with Gasteiger partial charge in [0.05, 0.1) is 0 Å². The lowest BCUT2D eigenvalue weighted by molar-refractivity contribution is -0.121. The largest absolute Gasteiger partial charge is 0.299 e. The van der Waals surface area contributed by atoms with Gasteiger partial charge in [0.15, 0.2) is 0 Å². The molecule has 1 heterocycles. The van der Waals surface area contributed by atoms with Gasteiger partial charge in [-0.2, -0.15) is 0 Å². The minimum atomic E-state index is 0.305. The number of thiophene rings is 1. The second kappa shape index (κ2) is 5.60. The van der Waals surface area contributed by atoms with Crippen LogP contribution in [0, 0.1) is 5.92 Å². The van der Waals surface area contributed by atoms with Gasteiger partial charge in [-0.3, -0.25) is 9.69 Å². The highest BCUT2D eigenvalue weighted by Crippen LogP contribution is 2.23. The van der Waals surface area contributed by atoms with Crippen LogP contribution in [0.25, 0.3) is 0 Å². The van der Waals surface area contributed by atoms with Crippen LogP contribution < -0.4 is 0 Å². The fraction of sp³-hybridized carbons (Fsp3) is 0.615. The van der Waals surface area contributed by atoms with Crippen LogP contribution in [0.1, 0.15) is 31.1 Å². The third-order valence-corrected chi connectivity index (χ3v) is 4.18. The standard InChI is InChI=1S/C13H19NOS/c1-2-14(10-12-6-4-8-16-12)9-11-5-3-7-13(11)15/h4,6,8,11H,2-3,5,7,9-10H2,1H3. The number of carbonyl (C=O) groups is 1. The highest BCUT2D eigenvalue weighted by atomic mass is 32.1. The van der Waals surface area contributed by atoms with Crippen LogP contribution >= 0.6 is 11.3 Å². The Balaban J connectivity index is 1.88. The van der Waals surface area contributed by atoms with Gasteiger partial charge in [0.25, 0.3) is 0 Å². The van der Waals surface area contributed by atoms with Crippen molar-refractivity contribution in [2.24, 2.45) is 5.92 Å². The van der Waals surface area contributed by atoms with E-state index in [0.717, 1.165) is 38.9 Å². The molecule has 1 atom stereocenters. The molecule has 1 aliphatic rings. The topological polar surface area (TPSA) is 20.3 Å². The lowest BCUT2D eigenvalue weighted by Crippen LogP contribution is -2.30. The summed E-state index contributed by atoms with van der Waals surface area (Å²) < 4.78 is 0. The van der Waals surface area contributed by atoms with Crippen LogP contribution in [0.2, 0.25) is 0 Å². The molecular weight excluding hydrogens is 218 g/mol. The van der Waals surface area contributed by atoms with E-state index >= 15 is 0 Å². The van der Waals surface area contributed by atoms with Crippen LogP contribution in [-0.2, 0) is 11.3 Å². The van der Waals surface area contributed by atoms with Crippen molar-refractivity contribution in [3.8, 4) is 0 Å². The number of hydrogen-bond donors (Lipinski definition) is 0. The lowest BCUT2D eigenvalue weighted by Gasteiger charge is -2.22. The fourth-order valence-corrected chi connectivity index (χ4v) is 3.07. The summed E-state index contributed by atoms with van der Waals surface area (Å²) in [6.07, 6.45) is 3.00. The maximum atomic E-state index is 11.6. The van der Waals surface area contributed by atoms with Crippen molar-refractivity contribution >= 4 is 17.1 Å². The van der Waals surface area contributed by atoms with E-state index in [0.29, 0.717) is 11.7 Å². The first kappa shape index (κ1) is 11.8. The Kier molecular flexibility index (Phi) is 4.13. The minimum absolute atomic E-state index is 0.305. The molecule has 0 amide bonds. The molecule has 0 N–H and O–H groups in total. The highest BCUT2D eigenvalue weighted by molar-refractivity contribution is 7.09. The monoisotopic (exact) mass is 237 g/mol. The molecule has 0 saturated heterocycles. The van der Waals surface area contributed by atoms with Gasteiger partial charge in [0, 0.05) is 30.3 Å². The van der Waals surface area contributed by atoms with E-state index in [1.807, 2.05) is 0 Å². The van der Waals surface area contributed by atoms with Crippen molar-refractivity contribution in [1.82, 2.24) is 4.90 Å². The summed E-state index contributed by atoms with van der Waals surface area (Å²) in [5.41, 5.74) is 0. The van der Waals surface area contributed by atoms with Crippen LogP contribution in [0.3, 0.4) is 0 Å². The van der Waals surface area contributed by atoms with Crippen LogP contribution in [0.4, 0.5) is 0 Å². The molecule has 0 aromatic carbocycles. The molecule has 1 aromatic rings. The molecule has 1 aromatic heterocycles. The molecular formula is C13H19NOS. The molecule has 1 aliphatic carbocycles.